The number of halogens is 3. The number of likely N-dealkylation sites (tertiary alicyclic amines) is 1. The zero-order valence-corrected chi connectivity index (χ0v) is 11.6. The predicted molar refractivity (Wildman–Crippen MR) is 70.7 cm³/mol. The molecule has 0 unspecified atom stereocenters. The molecule has 0 atom stereocenters. The lowest BCUT2D eigenvalue weighted by Gasteiger charge is -2.32. The van der Waals surface area contributed by atoms with Gasteiger partial charge in [0.15, 0.2) is 0 Å². The van der Waals surface area contributed by atoms with Crippen molar-refractivity contribution in [2.75, 3.05) is 13.1 Å². The first-order valence-electron chi connectivity index (χ1n) is 6.76. The Morgan fingerprint density at radius 1 is 1.14 bits per heavy atom. The third kappa shape index (κ3) is 3.43. The van der Waals surface area contributed by atoms with E-state index in [4.69, 9.17) is 0 Å². The van der Waals surface area contributed by atoms with Crippen LogP contribution >= 0.6 is 0 Å². The van der Waals surface area contributed by atoms with Crippen LogP contribution in [0.15, 0.2) is 24.3 Å². The first kappa shape index (κ1) is 15.5. The van der Waals surface area contributed by atoms with E-state index in [1.165, 1.54) is 24.0 Å². The summed E-state index contributed by atoms with van der Waals surface area (Å²) in [5.41, 5.74) is -0.332. The van der Waals surface area contributed by atoms with Gasteiger partial charge in [-0.05, 0) is 30.4 Å². The number of alkyl halides is 3. The predicted octanol–water partition coefficient (Wildman–Crippen LogP) is 3.00. The molecule has 1 amide bonds. The number of rotatable bonds is 2. The molecule has 6 heteroatoms. The van der Waals surface area contributed by atoms with Gasteiger partial charge in [-0.3, -0.25) is 9.59 Å². The second-order valence-corrected chi connectivity index (χ2v) is 5.21. The summed E-state index contributed by atoms with van der Waals surface area (Å²) in [7, 11) is 0. The van der Waals surface area contributed by atoms with Crippen molar-refractivity contribution in [3.8, 4) is 0 Å². The van der Waals surface area contributed by atoms with Gasteiger partial charge in [0, 0.05) is 20.0 Å². The average molecular weight is 299 g/mol. The molecule has 1 aromatic carbocycles. The molecule has 1 fully saturated rings. The molecule has 1 aromatic rings. The fraction of sp³-hybridized carbons (Fsp3) is 0.467. The van der Waals surface area contributed by atoms with Gasteiger partial charge in [-0.15, -0.1) is 0 Å². The molecule has 0 aliphatic carbocycles. The van der Waals surface area contributed by atoms with Crippen LogP contribution in [0.5, 0.6) is 0 Å². The van der Waals surface area contributed by atoms with Gasteiger partial charge in [0.05, 0.1) is 5.56 Å². The Bertz CT molecular complexity index is 546. The topological polar surface area (TPSA) is 37.4 Å². The minimum atomic E-state index is -4.37. The van der Waals surface area contributed by atoms with Crippen LogP contribution in [0.25, 0.3) is 0 Å². The first-order chi connectivity index (χ1) is 9.80. The van der Waals surface area contributed by atoms with Crippen LogP contribution in [0.4, 0.5) is 13.2 Å². The van der Waals surface area contributed by atoms with Gasteiger partial charge in [0.2, 0.25) is 5.78 Å². The maximum Gasteiger partial charge on any atom is 0.416 e. The molecule has 1 heterocycles. The van der Waals surface area contributed by atoms with E-state index in [9.17, 15) is 22.8 Å². The van der Waals surface area contributed by atoms with Crippen LogP contribution in [0.2, 0.25) is 0 Å². The summed E-state index contributed by atoms with van der Waals surface area (Å²) in [6.07, 6.45) is -3.50. The number of ketones is 1. The number of nitrogens with zero attached hydrogens (tertiary/aromatic N) is 1. The van der Waals surface area contributed by atoms with E-state index in [0.717, 1.165) is 6.07 Å². The average Bonchev–Trinajstić information content (AvgIpc) is 2.45. The van der Waals surface area contributed by atoms with Gasteiger partial charge in [-0.1, -0.05) is 18.2 Å². The Hall–Kier alpha value is -1.85. The van der Waals surface area contributed by atoms with Crippen LogP contribution < -0.4 is 0 Å². The van der Waals surface area contributed by atoms with Gasteiger partial charge in [0.1, 0.15) is 0 Å². The highest BCUT2D eigenvalue weighted by Gasteiger charge is 2.36. The molecule has 1 saturated heterocycles. The Kier molecular flexibility index (Phi) is 4.34. The van der Waals surface area contributed by atoms with Crippen molar-refractivity contribution in [3.05, 3.63) is 35.4 Å². The Labute approximate surface area is 120 Å². The van der Waals surface area contributed by atoms with Crippen molar-refractivity contribution in [3.63, 3.8) is 0 Å². The Morgan fingerprint density at radius 3 is 2.24 bits per heavy atom. The largest absolute Gasteiger partial charge is 0.416 e. The second-order valence-electron chi connectivity index (χ2n) is 5.21. The summed E-state index contributed by atoms with van der Waals surface area (Å²) < 4.78 is 39.0. The number of piperidine rings is 1. The SMILES string of the molecule is CC(=O)C(=O)N1CCC(c2ccccc2C(F)(F)F)CC1. The van der Waals surface area contributed by atoms with Gasteiger partial charge in [-0.25, -0.2) is 0 Å². The Balaban J connectivity index is 2.13. The van der Waals surface area contributed by atoms with Crippen LogP contribution in [-0.4, -0.2) is 29.7 Å². The quantitative estimate of drug-likeness (QED) is 0.787. The molecule has 0 bridgehead atoms. The van der Waals surface area contributed by atoms with E-state index < -0.39 is 23.4 Å². The van der Waals surface area contributed by atoms with E-state index in [-0.39, 0.29) is 11.5 Å². The highest BCUT2D eigenvalue weighted by Crippen LogP contribution is 2.38. The minimum absolute atomic E-state index is 0.237. The fourth-order valence-electron chi connectivity index (χ4n) is 2.73. The third-order valence-corrected chi connectivity index (χ3v) is 3.79. The molecule has 0 radical (unpaired) electrons. The van der Waals surface area contributed by atoms with Crippen LogP contribution in [0.3, 0.4) is 0 Å². The summed E-state index contributed by atoms with van der Waals surface area (Å²) in [4.78, 5) is 24.0. The second kappa shape index (κ2) is 5.87. The van der Waals surface area contributed by atoms with E-state index >= 15 is 0 Å². The van der Waals surface area contributed by atoms with E-state index in [1.807, 2.05) is 0 Å². The maximum atomic E-state index is 13.0. The van der Waals surface area contributed by atoms with Gasteiger partial charge >= 0.3 is 6.18 Å². The third-order valence-electron chi connectivity index (χ3n) is 3.79. The van der Waals surface area contributed by atoms with Crippen molar-refractivity contribution in [2.24, 2.45) is 0 Å². The van der Waals surface area contributed by atoms with E-state index in [0.29, 0.717) is 25.9 Å². The summed E-state index contributed by atoms with van der Waals surface area (Å²) in [6.45, 7) is 1.83. The zero-order chi connectivity index (χ0) is 15.6. The van der Waals surface area contributed by atoms with Crippen LogP contribution in [0.1, 0.15) is 36.8 Å². The van der Waals surface area contributed by atoms with Gasteiger partial charge in [-0.2, -0.15) is 13.2 Å². The number of carbonyl (C=O) groups excluding carboxylic acids is 2. The fourth-order valence-corrected chi connectivity index (χ4v) is 2.73. The Morgan fingerprint density at radius 2 is 1.71 bits per heavy atom. The number of carbonyl (C=O) groups is 2. The van der Waals surface area contributed by atoms with Crippen molar-refractivity contribution in [1.29, 1.82) is 0 Å². The molecule has 0 spiro atoms. The van der Waals surface area contributed by atoms with Gasteiger partial charge in [0.25, 0.3) is 5.91 Å². The smallest absolute Gasteiger partial charge is 0.336 e. The molecular weight excluding hydrogens is 283 g/mol. The molecule has 2 rings (SSSR count). The number of hydrogen-bond donors (Lipinski definition) is 0. The minimum Gasteiger partial charge on any atom is -0.336 e. The van der Waals surface area contributed by atoms with Crippen molar-refractivity contribution >= 4 is 11.7 Å². The summed E-state index contributed by atoms with van der Waals surface area (Å²) >= 11 is 0. The van der Waals surface area contributed by atoms with Crippen molar-refractivity contribution < 1.29 is 22.8 Å². The lowest BCUT2D eigenvalue weighted by atomic mass is 9.86. The number of benzene rings is 1. The van der Waals surface area contributed by atoms with E-state index in [2.05, 4.69) is 0 Å². The summed E-state index contributed by atoms with van der Waals surface area (Å²) in [5.74, 6) is -1.33. The number of hydrogen-bond acceptors (Lipinski definition) is 2. The number of Topliss-reactive ketones (excluding diaryl/α,β-unsaturated/α-hetero) is 1. The molecule has 0 aromatic heterocycles. The molecule has 3 nitrogen and oxygen atoms in total. The van der Waals surface area contributed by atoms with Crippen molar-refractivity contribution in [1.82, 2.24) is 4.90 Å². The monoisotopic (exact) mass is 299 g/mol. The molecule has 0 N–H and O–H groups in total. The first-order valence-corrected chi connectivity index (χ1v) is 6.76. The molecule has 21 heavy (non-hydrogen) atoms. The van der Waals surface area contributed by atoms with Crippen LogP contribution in [-0.2, 0) is 15.8 Å². The van der Waals surface area contributed by atoms with Crippen LogP contribution in [0, 0.1) is 0 Å². The zero-order valence-electron chi connectivity index (χ0n) is 11.6. The standard InChI is InChI=1S/C15H16F3NO2/c1-10(20)14(21)19-8-6-11(7-9-19)12-4-2-3-5-13(12)15(16,17)18/h2-5,11H,6-9H2,1H3. The maximum absolute atomic E-state index is 13.0. The molecule has 114 valence electrons. The molecular formula is C15H16F3NO2. The highest BCUT2D eigenvalue weighted by atomic mass is 19.4. The molecule has 0 saturated carbocycles. The lowest BCUT2D eigenvalue weighted by Crippen LogP contribution is -2.41. The van der Waals surface area contributed by atoms with E-state index in [1.54, 1.807) is 6.07 Å². The molecule has 1 aliphatic rings. The highest BCUT2D eigenvalue weighted by molar-refractivity contribution is 6.35. The van der Waals surface area contributed by atoms with Crippen molar-refractivity contribution in [2.45, 2.75) is 31.9 Å². The summed E-state index contributed by atoms with van der Waals surface area (Å²) in [5, 5.41) is 0. The normalized spacial score (nSPS) is 16.9. The lowest BCUT2D eigenvalue weighted by molar-refractivity contribution is -0.144. The molecule has 1 aliphatic heterocycles. The van der Waals surface area contributed by atoms with Gasteiger partial charge < -0.3 is 4.90 Å². The number of amides is 1. The summed E-state index contributed by atoms with van der Waals surface area (Å²) in [6, 6.07) is 5.55.